The van der Waals surface area contributed by atoms with Gasteiger partial charge in [-0.15, -0.1) is 10.2 Å². The SMILES string of the molecule is COCOc1ccccc1-c1cc2c3c([nH]c2nn1)CCN(c1ncc(N2CCC(C(OC)OC)CC2)cn1)C3C. The molecule has 0 aliphatic carbocycles. The van der Waals surface area contributed by atoms with E-state index >= 15 is 0 Å². The van der Waals surface area contributed by atoms with Gasteiger partial charge in [0, 0.05) is 75.5 Å². The summed E-state index contributed by atoms with van der Waals surface area (Å²) in [6.45, 7) is 5.04. The van der Waals surface area contributed by atoms with Gasteiger partial charge in [0.15, 0.2) is 18.7 Å². The number of benzene rings is 1. The van der Waals surface area contributed by atoms with Crippen LogP contribution in [0.2, 0.25) is 0 Å². The maximum Gasteiger partial charge on any atom is 0.225 e. The van der Waals surface area contributed by atoms with Crippen LogP contribution in [-0.2, 0) is 20.6 Å². The van der Waals surface area contributed by atoms with E-state index in [-0.39, 0.29) is 19.1 Å². The molecule has 216 valence electrons. The molecule has 5 heterocycles. The third-order valence-electron chi connectivity index (χ3n) is 8.30. The number of anilines is 2. The molecule has 1 N–H and O–H groups in total. The molecule has 0 bridgehead atoms. The Morgan fingerprint density at radius 1 is 1.00 bits per heavy atom. The number of methoxy groups -OCH3 is 3. The lowest BCUT2D eigenvalue weighted by Gasteiger charge is -2.36. The van der Waals surface area contributed by atoms with Crippen molar-refractivity contribution in [1.82, 2.24) is 25.1 Å². The monoisotopic (exact) mass is 559 g/mol. The van der Waals surface area contributed by atoms with Gasteiger partial charge in [-0.3, -0.25) is 0 Å². The number of aromatic nitrogens is 5. The fourth-order valence-electron chi connectivity index (χ4n) is 6.19. The zero-order valence-electron chi connectivity index (χ0n) is 24.0. The summed E-state index contributed by atoms with van der Waals surface area (Å²) in [5.74, 6) is 1.84. The zero-order valence-corrected chi connectivity index (χ0v) is 24.0. The molecule has 11 nitrogen and oxygen atoms in total. The number of hydrogen-bond acceptors (Lipinski definition) is 10. The van der Waals surface area contributed by atoms with Crippen LogP contribution in [0, 0.1) is 5.92 Å². The zero-order chi connectivity index (χ0) is 28.3. The first kappa shape index (κ1) is 27.4. The number of piperidine rings is 1. The molecule has 1 fully saturated rings. The molecule has 1 atom stereocenters. The fraction of sp³-hybridized carbons (Fsp3) is 0.467. The van der Waals surface area contributed by atoms with Gasteiger partial charge >= 0.3 is 0 Å². The first-order valence-corrected chi connectivity index (χ1v) is 14.1. The van der Waals surface area contributed by atoms with Crippen LogP contribution in [0.1, 0.15) is 37.1 Å². The van der Waals surface area contributed by atoms with Crippen molar-refractivity contribution >= 4 is 22.7 Å². The van der Waals surface area contributed by atoms with Gasteiger partial charge in [0.05, 0.1) is 29.8 Å². The molecule has 1 saturated heterocycles. The lowest BCUT2D eigenvalue weighted by atomic mass is 9.96. The maximum absolute atomic E-state index is 5.79. The largest absolute Gasteiger partial charge is 0.467 e. The van der Waals surface area contributed by atoms with Crippen LogP contribution in [0.3, 0.4) is 0 Å². The van der Waals surface area contributed by atoms with Gasteiger partial charge in [-0.2, -0.15) is 0 Å². The second-order valence-corrected chi connectivity index (χ2v) is 10.6. The number of nitrogens with zero attached hydrogens (tertiary/aromatic N) is 6. The molecule has 4 aromatic rings. The Balaban J connectivity index is 1.22. The molecule has 41 heavy (non-hydrogen) atoms. The summed E-state index contributed by atoms with van der Waals surface area (Å²) in [5.41, 5.74) is 5.85. The molecule has 1 unspecified atom stereocenters. The van der Waals surface area contributed by atoms with Crippen molar-refractivity contribution in [2.45, 2.75) is 38.5 Å². The third kappa shape index (κ3) is 5.32. The second kappa shape index (κ2) is 12.0. The van der Waals surface area contributed by atoms with Crippen LogP contribution in [0.15, 0.2) is 42.7 Å². The smallest absolute Gasteiger partial charge is 0.225 e. The first-order chi connectivity index (χ1) is 20.1. The van der Waals surface area contributed by atoms with Crippen molar-refractivity contribution in [2.75, 3.05) is 57.6 Å². The Kier molecular flexibility index (Phi) is 8.00. The van der Waals surface area contributed by atoms with Gasteiger partial charge in [0.25, 0.3) is 0 Å². The standard InChI is InChI=1S/C30H37N7O4/c1-19-27-23-15-25(22-7-5-6-8-26(22)41-18-38-2)34-35-28(23)33-24(27)11-14-37(19)30-31-16-21(17-32-30)36-12-9-20(10-13-36)29(39-3)40-4/h5-8,15-17,19-20,29H,9-14,18H2,1-4H3,(H,33,35). The normalized spacial score (nSPS) is 17.8. The van der Waals surface area contributed by atoms with Gasteiger partial charge in [-0.05, 0) is 38.0 Å². The summed E-state index contributed by atoms with van der Waals surface area (Å²) in [5, 5.41) is 10.1. The van der Waals surface area contributed by atoms with Gasteiger partial charge in [-0.1, -0.05) is 12.1 Å². The highest BCUT2D eigenvalue weighted by Crippen LogP contribution is 2.38. The molecule has 0 amide bonds. The summed E-state index contributed by atoms with van der Waals surface area (Å²) >= 11 is 0. The number of aromatic amines is 1. The third-order valence-corrected chi connectivity index (χ3v) is 8.30. The minimum Gasteiger partial charge on any atom is -0.467 e. The van der Waals surface area contributed by atoms with Crippen LogP contribution >= 0.6 is 0 Å². The van der Waals surface area contributed by atoms with E-state index in [9.17, 15) is 0 Å². The summed E-state index contributed by atoms with van der Waals surface area (Å²) in [7, 11) is 5.02. The number of H-pyrrole nitrogens is 1. The van der Waals surface area contributed by atoms with Crippen molar-refractivity contribution in [1.29, 1.82) is 0 Å². The average molecular weight is 560 g/mol. The molecule has 0 spiro atoms. The minimum absolute atomic E-state index is 0.0613. The average Bonchev–Trinajstić information content (AvgIpc) is 3.40. The Hall–Kier alpha value is -3.80. The fourth-order valence-corrected chi connectivity index (χ4v) is 6.19. The lowest BCUT2D eigenvalue weighted by Crippen LogP contribution is -2.39. The van der Waals surface area contributed by atoms with E-state index in [0.717, 1.165) is 72.8 Å². The highest BCUT2D eigenvalue weighted by atomic mass is 16.7. The predicted octanol–water partition coefficient (Wildman–Crippen LogP) is 4.36. The number of nitrogens with one attached hydrogen (secondary N) is 1. The molecule has 0 saturated carbocycles. The van der Waals surface area contributed by atoms with Crippen molar-refractivity contribution in [3.8, 4) is 17.0 Å². The van der Waals surface area contributed by atoms with Crippen LogP contribution in [0.25, 0.3) is 22.3 Å². The number of rotatable bonds is 9. The van der Waals surface area contributed by atoms with Crippen LogP contribution in [0.5, 0.6) is 5.75 Å². The predicted molar refractivity (Wildman–Crippen MR) is 156 cm³/mol. The van der Waals surface area contributed by atoms with Crippen molar-refractivity contribution in [3.05, 3.63) is 54.0 Å². The molecule has 2 aliphatic heterocycles. The van der Waals surface area contributed by atoms with Gasteiger partial charge in [-0.25, -0.2) is 9.97 Å². The molecule has 3 aromatic heterocycles. The molecular weight excluding hydrogens is 522 g/mol. The Bertz CT molecular complexity index is 1470. The topological polar surface area (TPSA) is 111 Å². The van der Waals surface area contributed by atoms with Crippen LogP contribution < -0.4 is 14.5 Å². The second-order valence-electron chi connectivity index (χ2n) is 10.6. The molecule has 0 radical (unpaired) electrons. The highest BCUT2D eigenvalue weighted by Gasteiger charge is 2.31. The summed E-state index contributed by atoms with van der Waals surface area (Å²) < 4.78 is 21.8. The van der Waals surface area contributed by atoms with Gasteiger partial charge < -0.3 is 33.7 Å². The first-order valence-electron chi connectivity index (χ1n) is 14.1. The van der Waals surface area contributed by atoms with E-state index in [2.05, 4.69) is 38.0 Å². The summed E-state index contributed by atoms with van der Waals surface area (Å²) in [4.78, 5) is 17.7. The van der Waals surface area contributed by atoms with E-state index in [1.54, 1.807) is 21.3 Å². The van der Waals surface area contributed by atoms with E-state index in [1.165, 1.54) is 11.3 Å². The summed E-state index contributed by atoms with van der Waals surface area (Å²) in [6.07, 6.45) is 6.61. The van der Waals surface area contributed by atoms with Crippen molar-refractivity contribution in [3.63, 3.8) is 0 Å². The lowest BCUT2D eigenvalue weighted by molar-refractivity contribution is -0.141. The molecule has 2 aliphatic rings. The number of fused-ring (bicyclic) bond motifs is 3. The number of hydrogen-bond donors (Lipinski definition) is 1. The highest BCUT2D eigenvalue weighted by molar-refractivity contribution is 5.86. The number of ether oxygens (including phenoxy) is 4. The van der Waals surface area contributed by atoms with Gasteiger partial charge in [0.1, 0.15) is 5.75 Å². The Morgan fingerprint density at radius 3 is 2.49 bits per heavy atom. The summed E-state index contributed by atoms with van der Waals surface area (Å²) in [6, 6.07) is 9.96. The van der Waals surface area contributed by atoms with Crippen molar-refractivity contribution < 1.29 is 18.9 Å². The maximum atomic E-state index is 5.79. The van der Waals surface area contributed by atoms with E-state index < -0.39 is 0 Å². The van der Waals surface area contributed by atoms with Crippen LogP contribution in [-0.4, -0.2) is 79.2 Å². The minimum atomic E-state index is -0.147. The molecule has 6 rings (SSSR count). The quantitative estimate of drug-likeness (QED) is 0.297. The van der Waals surface area contributed by atoms with E-state index in [1.807, 2.05) is 36.7 Å². The van der Waals surface area contributed by atoms with Gasteiger partial charge in [0.2, 0.25) is 5.95 Å². The van der Waals surface area contributed by atoms with E-state index in [0.29, 0.717) is 11.7 Å². The number of para-hydroxylation sites is 1. The van der Waals surface area contributed by atoms with Crippen LogP contribution in [0.4, 0.5) is 11.6 Å². The Morgan fingerprint density at radius 2 is 1.76 bits per heavy atom. The Labute approximate surface area is 239 Å². The molecule has 1 aromatic carbocycles. The van der Waals surface area contributed by atoms with Crippen molar-refractivity contribution in [2.24, 2.45) is 5.92 Å². The van der Waals surface area contributed by atoms with E-state index in [4.69, 9.17) is 28.9 Å². The molecule has 11 heteroatoms. The molecular formula is C30H37N7O4.